The van der Waals surface area contributed by atoms with Gasteiger partial charge in [0.05, 0.1) is 0 Å². The van der Waals surface area contributed by atoms with E-state index >= 15 is 0 Å². The molecule has 0 aliphatic carbocycles. The SMILES string of the molecule is CC=CC=CC.N. The van der Waals surface area contributed by atoms with E-state index in [1.807, 2.05) is 38.2 Å². The van der Waals surface area contributed by atoms with Crippen molar-refractivity contribution in [2.24, 2.45) is 0 Å². The van der Waals surface area contributed by atoms with Gasteiger partial charge in [-0.15, -0.1) is 0 Å². The van der Waals surface area contributed by atoms with Crippen molar-refractivity contribution < 1.29 is 0 Å². The summed E-state index contributed by atoms with van der Waals surface area (Å²) in [6.45, 7) is 4.00. The third-order valence-electron chi connectivity index (χ3n) is 0.496. The molecule has 0 rings (SSSR count). The van der Waals surface area contributed by atoms with Crippen LogP contribution in [0, 0.1) is 0 Å². The molecule has 0 saturated carbocycles. The van der Waals surface area contributed by atoms with Crippen LogP contribution < -0.4 is 6.15 Å². The Hall–Kier alpha value is -0.560. The molecule has 0 spiro atoms. The van der Waals surface area contributed by atoms with Crippen molar-refractivity contribution in [1.82, 2.24) is 6.15 Å². The van der Waals surface area contributed by atoms with E-state index in [1.54, 1.807) is 0 Å². The average molecular weight is 99.2 g/mol. The summed E-state index contributed by atoms with van der Waals surface area (Å²) in [7, 11) is 0. The summed E-state index contributed by atoms with van der Waals surface area (Å²) in [4.78, 5) is 0. The Morgan fingerprint density at radius 2 is 1.14 bits per heavy atom. The molecule has 0 aliphatic rings. The molecular weight excluding hydrogens is 86.1 g/mol. The zero-order valence-corrected chi connectivity index (χ0v) is 5.02. The molecule has 0 saturated heterocycles. The standard InChI is InChI=1S/C6H10.H3N/c1-3-5-6-4-2;/h3-6H,1-2H3;1H3. The van der Waals surface area contributed by atoms with E-state index in [0.29, 0.717) is 0 Å². The third-order valence-corrected chi connectivity index (χ3v) is 0.496. The van der Waals surface area contributed by atoms with Crippen molar-refractivity contribution in [3.8, 4) is 0 Å². The average Bonchev–Trinajstić information content (AvgIpc) is 1.61. The molecule has 1 nitrogen and oxygen atoms in total. The second kappa shape index (κ2) is 9.06. The molecule has 3 N–H and O–H groups in total. The summed E-state index contributed by atoms with van der Waals surface area (Å²) in [5, 5.41) is 0. The van der Waals surface area contributed by atoms with Crippen LogP contribution in [-0.4, -0.2) is 0 Å². The Morgan fingerprint density at radius 3 is 1.29 bits per heavy atom. The second-order valence-corrected chi connectivity index (χ2v) is 1.05. The van der Waals surface area contributed by atoms with Crippen molar-refractivity contribution in [2.75, 3.05) is 0 Å². The van der Waals surface area contributed by atoms with Gasteiger partial charge in [-0.2, -0.15) is 0 Å². The molecule has 0 aromatic rings. The maximum Gasteiger partial charge on any atom is -0.0467 e. The van der Waals surface area contributed by atoms with Crippen LogP contribution in [0.2, 0.25) is 0 Å². The first-order valence-corrected chi connectivity index (χ1v) is 2.15. The van der Waals surface area contributed by atoms with Gasteiger partial charge in [-0.25, -0.2) is 0 Å². The number of hydrogen-bond acceptors (Lipinski definition) is 1. The summed E-state index contributed by atoms with van der Waals surface area (Å²) in [5.41, 5.74) is 0. The predicted molar refractivity (Wildman–Crippen MR) is 34.7 cm³/mol. The first-order valence-electron chi connectivity index (χ1n) is 2.15. The molecule has 1 heteroatoms. The maximum atomic E-state index is 2.00. The maximum absolute atomic E-state index is 2.00. The molecule has 0 bridgehead atoms. The first kappa shape index (κ1) is 9.67. The van der Waals surface area contributed by atoms with Gasteiger partial charge in [-0.05, 0) is 13.8 Å². The zero-order chi connectivity index (χ0) is 4.83. The smallest absolute Gasteiger partial charge is 0.0467 e. The lowest BCUT2D eigenvalue weighted by Gasteiger charge is -1.62. The van der Waals surface area contributed by atoms with Crippen molar-refractivity contribution in [3.63, 3.8) is 0 Å². The minimum Gasteiger partial charge on any atom is -0.344 e. The van der Waals surface area contributed by atoms with Crippen LogP contribution in [0.25, 0.3) is 0 Å². The molecule has 0 amide bonds. The third kappa shape index (κ3) is 10.8. The van der Waals surface area contributed by atoms with E-state index in [0.717, 1.165) is 0 Å². The Kier molecular flexibility index (Phi) is 12.5. The molecule has 0 radical (unpaired) electrons. The van der Waals surface area contributed by atoms with Gasteiger partial charge in [0.15, 0.2) is 0 Å². The van der Waals surface area contributed by atoms with Gasteiger partial charge in [-0.1, -0.05) is 24.3 Å². The molecule has 0 aromatic heterocycles. The summed E-state index contributed by atoms with van der Waals surface area (Å²) < 4.78 is 0. The van der Waals surface area contributed by atoms with E-state index in [2.05, 4.69) is 0 Å². The van der Waals surface area contributed by atoms with E-state index in [4.69, 9.17) is 0 Å². The van der Waals surface area contributed by atoms with Gasteiger partial charge in [0.25, 0.3) is 0 Å². The summed E-state index contributed by atoms with van der Waals surface area (Å²) in [5.74, 6) is 0. The zero-order valence-electron chi connectivity index (χ0n) is 5.02. The van der Waals surface area contributed by atoms with E-state index in [9.17, 15) is 0 Å². The Labute approximate surface area is 45.3 Å². The molecule has 0 heterocycles. The molecule has 0 aromatic carbocycles. The highest BCUT2D eigenvalue weighted by molar-refractivity contribution is 4.98. The second-order valence-electron chi connectivity index (χ2n) is 1.05. The molecule has 0 aliphatic heterocycles. The number of hydrogen-bond donors (Lipinski definition) is 1. The van der Waals surface area contributed by atoms with Gasteiger partial charge < -0.3 is 6.15 Å². The minimum atomic E-state index is 0. The molecule has 42 valence electrons. The highest BCUT2D eigenvalue weighted by Gasteiger charge is 1.48. The van der Waals surface area contributed by atoms with Crippen molar-refractivity contribution in [2.45, 2.75) is 13.8 Å². The predicted octanol–water partition coefficient (Wildman–Crippen LogP) is 2.30. The van der Waals surface area contributed by atoms with Gasteiger partial charge in [0.2, 0.25) is 0 Å². The quantitative estimate of drug-likeness (QED) is 0.503. The van der Waals surface area contributed by atoms with Crippen LogP contribution in [0.5, 0.6) is 0 Å². The van der Waals surface area contributed by atoms with Crippen LogP contribution in [0.4, 0.5) is 0 Å². The minimum absolute atomic E-state index is 0. The van der Waals surface area contributed by atoms with Gasteiger partial charge in [-0.3, -0.25) is 0 Å². The number of rotatable bonds is 1. The molecular formula is C6H13N. The van der Waals surface area contributed by atoms with E-state index < -0.39 is 0 Å². The summed E-state index contributed by atoms with van der Waals surface area (Å²) >= 11 is 0. The lowest BCUT2D eigenvalue weighted by molar-refractivity contribution is 1.69. The highest BCUT2D eigenvalue weighted by Crippen LogP contribution is 1.71. The van der Waals surface area contributed by atoms with Crippen molar-refractivity contribution in [1.29, 1.82) is 0 Å². The largest absolute Gasteiger partial charge is 0.344 e. The summed E-state index contributed by atoms with van der Waals surface area (Å²) in [6, 6.07) is 0. The number of allylic oxidation sites excluding steroid dienone is 4. The lowest BCUT2D eigenvalue weighted by atomic mass is 10.5. The van der Waals surface area contributed by atoms with Gasteiger partial charge in [0.1, 0.15) is 0 Å². The Balaban J connectivity index is 0. The van der Waals surface area contributed by atoms with Gasteiger partial charge >= 0.3 is 0 Å². The van der Waals surface area contributed by atoms with E-state index in [1.165, 1.54) is 0 Å². The highest BCUT2D eigenvalue weighted by atomic mass is 14.0. The molecule has 0 unspecified atom stereocenters. The van der Waals surface area contributed by atoms with Crippen LogP contribution in [0.1, 0.15) is 13.8 Å². The molecule has 7 heavy (non-hydrogen) atoms. The van der Waals surface area contributed by atoms with Crippen LogP contribution in [-0.2, 0) is 0 Å². The topological polar surface area (TPSA) is 35.0 Å². The molecule has 0 fully saturated rings. The Bertz CT molecular complexity index is 52.6. The monoisotopic (exact) mass is 99.1 g/mol. The van der Waals surface area contributed by atoms with Crippen molar-refractivity contribution >= 4 is 0 Å². The van der Waals surface area contributed by atoms with Crippen LogP contribution in [0.3, 0.4) is 0 Å². The lowest BCUT2D eigenvalue weighted by Crippen LogP contribution is -1.40. The van der Waals surface area contributed by atoms with Gasteiger partial charge in [0, 0.05) is 0 Å². The first-order chi connectivity index (χ1) is 2.91. The fourth-order valence-corrected chi connectivity index (χ4v) is 0.222. The normalized spacial score (nSPS) is 10.0. The van der Waals surface area contributed by atoms with Crippen LogP contribution >= 0.6 is 0 Å². The van der Waals surface area contributed by atoms with Crippen LogP contribution in [0.15, 0.2) is 24.3 Å². The fraction of sp³-hybridized carbons (Fsp3) is 0.333. The van der Waals surface area contributed by atoms with E-state index in [-0.39, 0.29) is 6.15 Å². The summed E-state index contributed by atoms with van der Waals surface area (Å²) in [6.07, 6.45) is 8.00. The fourth-order valence-electron chi connectivity index (χ4n) is 0.222. The Morgan fingerprint density at radius 1 is 0.857 bits per heavy atom. The molecule has 0 atom stereocenters. The van der Waals surface area contributed by atoms with Crippen molar-refractivity contribution in [3.05, 3.63) is 24.3 Å².